The van der Waals surface area contributed by atoms with Crippen molar-refractivity contribution in [2.45, 2.75) is 32.8 Å². The van der Waals surface area contributed by atoms with Gasteiger partial charge in [0.15, 0.2) is 11.4 Å². The van der Waals surface area contributed by atoms with Crippen molar-refractivity contribution in [2.75, 3.05) is 11.4 Å². The van der Waals surface area contributed by atoms with E-state index in [1.165, 1.54) is 11.2 Å². The van der Waals surface area contributed by atoms with Crippen LogP contribution in [0.3, 0.4) is 0 Å². The Morgan fingerprint density at radius 1 is 1.30 bits per heavy atom. The van der Waals surface area contributed by atoms with Crippen LogP contribution in [0, 0.1) is 13.8 Å². The maximum Gasteiger partial charge on any atom is 0.264 e. The number of carbonyl (C=O) groups excluding carboxylic acids is 2. The maximum atomic E-state index is 12.7. The smallest absolute Gasteiger partial charge is 0.264 e. The fraction of sp³-hybridized carbons (Fsp3) is 0.333. The number of nitrogens with zero attached hydrogens (tertiary/aromatic N) is 1. The lowest BCUT2D eigenvalue weighted by molar-refractivity contribution is -0.135. The van der Waals surface area contributed by atoms with E-state index < -0.39 is 11.5 Å². The molecule has 2 aromatic rings. The second kappa shape index (κ2) is 5.35. The number of hydrogen-bond donors (Lipinski definition) is 1. The van der Waals surface area contributed by atoms with Crippen molar-refractivity contribution in [3.05, 3.63) is 53.0 Å². The monoisotopic (exact) mass is 313 g/mol. The van der Waals surface area contributed by atoms with E-state index in [1.54, 1.807) is 32.0 Å². The molecule has 1 aromatic heterocycles. The van der Waals surface area contributed by atoms with Gasteiger partial charge >= 0.3 is 0 Å². The Morgan fingerprint density at radius 2 is 2.00 bits per heavy atom. The Bertz CT molecular complexity index is 773. The minimum absolute atomic E-state index is 0.291. The summed E-state index contributed by atoms with van der Waals surface area (Å²) in [7, 11) is 0. The second-order valence-electron chi connectivity index (χ2n) is 5.88. The van der Waals surface area contributed by atoms with Crippen LogP contribution in [0.1, 0.15) is 40.6 Å². The molecule has 1 aromatic carbocycles. The van der Waals surface area contributed by atoms with Crippen molar-refractivity contribution in [3.63, 3.8) is 0 Å². The summed E-state index contributed by atoms with van der Waals surface area (Å²) in [6, 6.07) is 7.06. The summed E-state index contributed by atoms with van der Waals surface area (Å²) in [6.07, 6.45) is 1.22. The molecule has 5 nitrogen and oxygen atoms in total. The van der Waals surface area contributed by atoms with E-state index in [-0.39, 0.29) is 12.2 Å². The van der Waals surface area contributed by atoms with Crippen LogP contribution in [0.25, 0.3) is 0 Å². The van der Waals surface area contributed by atoms with E-state index in [4.69, 9.17) is 4.42 Å². The van der Waals surface area contributed by atoms with Crippen molar-refractivity contribution >= 4 is 17.4 Å². The van der Waals surface area contributed by atoms with Crippen LogP contribution in [0.5, 0.6) is 0 Å². The number of furan rings is 1. The average molecular weight is 313 g/mol. The topological polar surface area (TPSA) is 70.8 Å². The first-order valence-corrected chi connectivity index (χ1v) is 7.62. The van der Waals surface area contributed by atoms with Crippen LogP contribution in [0.15, 0.2) is 34.9 Å². The molecule has 0 spiro atoms. The Hall–Kier alpha value is -2.40. The molecule has 3 rings (SSSR count). The summed E-state index contributed by atoms with van der Waals surface area (Å²) in [5.74, 6) is -0.243. The Labute approximate surface area is 134 Å². The van der Waals surface area contributed by atoms with Gasteiger partial charge in [0.2, 0.25) is 0 Å². The highest BCUT2D eigenvalue weighted by Crippen LogP contribution is 2.42. The summed E-state index contributed by atoms with van der Waals surface area (Å²) >= 11 is 0. The van der Waals surface area contributed by atoms with E-state index >= 15 is 0 Å². The van der Waals surface area contributed by atoms with Gasteiger partial charge in [-0.05, 0) is 32.4 Å². The number of aryl methyl sites for hydroxylation is 2. The zero-order chi connectivity index (χ0) is 16.8. The number of rotatable bonds is 4. The molecule has 1 amide bonds. The number of aliphatic hydroxyl groups is 1. The summed E-state index contributed by atoms with van der Waals surface area (Å²) < 4.78 is 5.25. The molecule has 0 unspecified atom stereocenters. The Kier molecular flexibility index (Phi) is 3.60. The number of anilines is 1. The van der Waals surface area contributed by atoms with Crippen molar-refractivity contribution in [1.29, 1.82) is 0 Å². The molecule has 0 saturated carbocycles. The fourth-order valence-electron chi connectivity index (χ4n) is 3.30. The number of hydrogen-bond acceptors (Lipinski definition) is 4. The first kappa shape index (κ1) is 15.5. The van der Waals surface area contributed by atoms with Gasteiger partial charge in [-0.3, -0.25) is 9.59 Å². The van der Waals surface area contributed by atoms with Crippen LogP contribution in [0.4, 0.5) is 5.69 Å². The molecule has 1 N–H and O–H groups in total. The number of amides is 1. The summed E-state index contributed by atoms with van der Waals surface area (Å²) in [5.41, 5.74) is 0.482. The van der Waals surface area contributed by atoms with Crippen LogP contribution < -0.4 is 4.90 Å². The quantitative estimate of drug-likeness (QED) is 0.881. The van der Waals surface area contributed by atoms with Crippen LogP contribution >= 0.6 is 0 Å². The number of benzene rings is 1. The summed E-state index contributed by atoms with van der Waals surface area (Å²) in [6.45, 7) is 5.76. The highest BCUT2D eigenvalue weighted by molar-refractivity contribution is 6.11. The molecule has 0 saturated heterocycles. The first-order valence-electron chi connectivity index (χ1n) is 7.62. The number of para-hydroxylation sites is 1. The maximum absolute atomic E-state index is 12.7. The molecule has 0 fully saturated rings. The van der Waals surface area contributed by atoms with Gasteiger partial charge in [-0.1, -0.05) is 18.2 Å². The number of ketones is 1. The molecule has 23 heavy (non-hydrogen) atoms. The third-order valence-corrected chi connectivity index (χ3v) is 4.41. The molecular weight excluding hydrogens is 294 g/mol. The van der Waals surface area contributed by atoms with Crippen molar-refractivity contribution in [1.82, 2.24) is 0 Å². The lowest BCUT2D eigenvalue weighted by atomic mass is 9.87. The summed E-state index contributed by atoms with van der Waals surface area (Å²) in [4.78, 5) is 26.9. The molecular formula is C18H19NO4. The van der Waals surface area contributed by atoms with Gasteiger partial charge in [0.05, 0.1) is 23.9 Å². The van der Waals surface area contributed by atoms with Gasteiger partial charge < -0.3 is 14.4 Å². The standard InChI is InChI=1S/C18H19NO4/c1-4-19-14-8-6-5-7-13(14)18(22,17(19)21)9-15(20)16-11(2)10-23-12(16)3/h5-8,10,22H,4,9H2,1-3H3/t18-/m0/s1. The highest BCUT2D eigenvalue weighted by Gasteiger charge is 2.50. The van der Waals surface area contributed by atoms with Crippen LogP contribution in [0.2, 0.25) is 0 Å². The molecule has 0 radical (unpaired) electrons. The lowest BCUT2D eigenvalue weighted by Crippen LogP contribution is -2.41. The average Bonchev–Trinajstić information content (AvgIpc) is 2.96. The minimum atomic E-state index is -1.82. The third kappa shape index (κ3) is 2.19. The molecule has 5 heteroatoms. The van der Waals surface area contributed by atoms with Gasteiger partial charge in [0.1, 0.15) is 5.76 Å². The SMILES string of the molecule is CCN1C(=O)[C@](O)(CC(=O)c2c(C)coc2C)c2ccccc21. The highest BCUT2D eigenvalue weighted by atomic mass is 16.3. The number of likely N-dealkylation sites (N-methyl/N-ethyl adjacent to an activating group) is 1. The number of Topliss-reactive ketones (excluding diaryl/α,β-unsaturated/α-hetero) is 1. The molecule has 1 atom stereocenters. The van der Waals surface area contributed by atoms with E-state index in [2.05, 4.69) is 0 Å². The summed E-state index contributed by atoms with van der Waals surface area (Å²) in [5, 5.41) is 11.0. The second-order valence-corrected chi connectivity index (χ2v) is 5.88. The normalized spacial score (nSPS) is 20.0. The van der Waals surface area contributed by atoms with Gasteiger partial charge in [0.25, 0.3) is 5.91 Å². The Balaban J connectivity index is 2.02. The molecule has 1 aliphatic heterocycles. The van der Waals surface area contributed by atoms with Gasteiger partial charge in [-0.25, -0.2) is 0 Å². The van der Waals surface area contributed by atoms with Crippen molar-refractivity contribution < 1.29 is 19.1 Å². The van der Waals surface area contributed by atoms with Gasteiger partial charge in [-0.2, -0.15) is 0 Å². The number of carbonyl (C=O) groups is 2. The van der Waals surface area contributed by atoms with Crippen molar-refractivity contribution in [2.24, 2.45) is 0 Å². The minimum Gasteiger partial charge on any atom is -0.469 e. The molecule has 120 valence electrons. The van der Waals surface area contributed by atoms with Crippen molar-refractivity contribution in [3.8, 4) is 0 Å². The fourth-order valence-corrected chi connectivity index (χ4v) is 3.30. The van der Waals surface area contributed by atoms with E-state index in [9.17, 15) is 14.7 Å². The predicted octanol–water partition coefficient (Wildman–Crippen LogP) is 2.72. The molecule has 0 bridgehead atoms. The molecule has 1 aliphatic rings. The third-order valence-electron chi connectivity index (χ3n) is 4.41. The Morgan fingerprint density at radius 3 is 2.61 bits per heavy atom. The molecule has 2 heterocycles. The molecule has 0 aliphatic carbocycles. The van der Waals surface area contributed by atoms with Crippen LogP contribution in [-0.2, 0) is 10.4 Å². The van der Waals surface area contributed by atoms with E-state index in [1.807, 2.05) is 13.0 Å². The lowest BCUT2D eigenvalue weighted by Gasteiger charge is -2.22. The van der Waals surface area contributed by atoms with E-state index in [0.29, 0.717) is 34.7 Å². The predicted molar refractivity (Wildman–Crippen MR) is 85.5 cm³/mol. The largest absolute Gasteiger partial charge is 0.469 e. The zero-order valence-corrected chi connectivity index (χ0v) is 13.4. The van der Waals surface area contributed by atoms with Gasteiger partial charge in [-0.15, -0.1) is 0 Å². The first-order chi connectivity index (χ1) is 10.9. The van der Waals surface area contributed by atoms with Crippen LogP contribution in [-0.4, -0.2) is 23.3 Å². The zero-order valence-electron chi connectivity index (χ0n) is 13.4. The van der Waals surface area contributed by atoms with E-state index in [0.717, 1.165) is 0 Å². The number of fused-ring (bicyclic) bond motifs is 1. The van der Waals surface area contributed by atoms with Gasteiger partial charge in [0, 0.05) is 12.1 Å².